The minimum Gasteiger partial charge on any atom is -0.337 e. The highest BCUT2D eigenvalue weighted by Crippen LogP contribution is 2.29. The maximum Gasteiger partial charge on any atom is 0.269 e. The Balaban J connectivity index is 1.15. The number of rotatable bonds is 6. The first kappa shape index (κ1) is 23.4. The van der Waals surface area contributed by atoms with E-state index in [-0.39, 0.29) is 30.0 Å². The molecule has 2 heterocycles. The highest BCUT2D eigenvalue weighted by Gasteiger charge is 2.33. The van der Waals surface area contributed by atoms with Gasteiger partial charge in [0.1, 0.15) is 0 Å². The van der Waals surface area contributed by atoms with Gasteiger partial charge in [0, 0.05) is 74.0 Å². The summed E-state index contributed by atoms with van der Waals surface area (Å²) in [6.45, 7) is 3.17. The lowest BCUT2D eigenvalue weighted by Gasteiger charge is -2.35. The van der Waals surface area contributed by atoms with E-state index in [1.165, 1.54) is 23.1 Å². The lowest BCUT2D eigenvalue weighted by molar-refractivity contribution is -0.384. The Bertz CT molecular complexity index is 1340. The summed E-state index contributed by atoms with van der Waals surface area (Å²) < 4.78 is 0. The number of benzene rings is 3. The quantitative estimate of drug-likeness (QED) is 0.230. The number of hydrogen-bond donors (Lipinski definition) is 0. The van der Waals surface area contributed by atoms with Gasteiger partial charge in [-0.15, -0.1) is 0 Å². The zero-order chi connectivity index (χ0) is 25.2. The van der Waals surface area contributed by atoms with E-state index in [0.29, 0.717) is 49.4 Å². The number of nitro groups is 1. The number of non-ortho nitro benzene ring substituents is 1. The molecule has 1 fully saturated rings. The summed E-state index contributed by atoms with van der Waals surface area (Å²) in [5, 5.41) is 12.4. The van der Waals surface area contributed by atoms with E-state index in [1.54, 1.807) is 35.2 Å². The normalized spacial score (nSPS) is 16.2. The van der Waals surface area contributed by atoms with Crippen LogP contribution in [0.4, 0.5) is 5.69 Å². The fourth-order valence-corrected chi connectivity index (χ4v) is 4.70. The monoisotopic (exact) mass is 484 g/mol. The molecule has 0 spiro atoms. The van der Waals surface area contributed by atoms with Crippen LogP contribution in [0.15, 0.2) is 66.7 Å². The van der Waals surface area contributed by atoms with E-state index in [0.717, 1.165) is 10.8 Å². The van der Waals surface area contributed by atoms with Gasteiger partial charge >= 0.3 is 0 Å². The third-order valence-corrected chi connectivity index (χ3v) is 6.70. The summed E-state index contributed by atoms with van der Waals surface area (Å²) in [6, 6.07) is 17.0. The van der Waals surface area contributed by atoms with Gasteiger partial charge in [0.15, 0.2) is 0 Å². The van der Waals surface area contributed by atoms with E-state index in [1.807, 2.05) is 24.3 Å². The van der Waals surface area contributed by atoms with E-state index in [9.17, 15) is 24.5 Å². The van der Waals surface area contributed by atoms with Crippen molar-refractivity contribution in [1.29, 1.82) is 0 Å². The molecule has 9 nitrogen and oxygen atoms in total. The van der Waals surface area contributed by atoms with Gasteiger partial charge in [-0.05, 0) is 41.3 Å². The van der Waals surface area contributed by atoms with E-state index in [2.05, 4.69) is 4.90 Å². The Kier molecular flexibility index (Phi) is 6.30. The van der Waals surface area contributed by atoms with Crippen molar-refractivity contribution in [3.05, 3.63) is 93.5 Å². The highest BCUT2D eigenvalue weighted by atomic mass is 16.6. The molecule has 3 aromatic carbocycles. The number of imide groups is 1. The second kappa shape index (κ2) is 9.71. The minimum absolute atomic E-state index is 0.00353. The zero-order valence-corrected chi connectivity index (χ0v) is 19.5. The summed E-state index contributed by atoms with van der Waals surface area (Å²) in [5.74, 6) is -0.664. The fraction of sp³-hybridized carbons (Fsp3) is 0.222. The number of carbonyl (C=O) groups is 3. The van der Waals surface area contributed by atoms with Crippen LogP contribution in [0.3, 0.4) is 0 Å². The number of piperazine rings is 1. The van der Waals surface area contributed by atoms with Crippen LogP contribution in [0.5, 0.6) is 0 Å². The molecule has 9 heteroatoms. The Morgan fingerprint density at radius 2 is 1.47 bits per heavy atom. The van der Waals surface area contributed by atoms with E-state index >= 15 is 0 Å². The number of hydrogen-bond acceptors (Lipinski definition) is 6. The predicted octanol–water partition coefficient (Wildman–Crippen LogP) is 3.20. The lowest BCUT2D eigenvalue weighted by Crippen LogP contribution is -2.51. The van der Waals surface area contributed by atoms with Crippen molar-refractivity contribution in [3.63, 3.8) is 0 Å². The Hall–Kier alpha value is -4.37. The maximum absolute atomic E-state index is 13.1. The summed E-state index contributed by atoms with van der Waals surface area (Å²) in [7, 11) is 0. The van der Waals surface area contributed by atoms with Crippen LogP contribution in [0.25, 0.3) is 16.8 Å². The maximum atomic E-state index is 13.1. The average molecular weight is 485 g/mol. The number of nitro benzene ring substituents is 1. The molecule has 2 aliphatic heterocycles. The first-order valence-corrected chi connectivity index (χ1v) is 11.7. The first-order chi connectivity index (χ1) is 17.4. The van der Waals surface area contributed by atoms with Gasteiger partial charge in [-0.2, -0.15) is 0 Å². The third kappa shape index (κ3) is 4.48. The Morgan fingerprint density at radius 3 is 2.06 bits per heavy atom. The van der Waals surface area contributed by atoms with Gasteiger partial charge in [-0.25, -0.2) is 0 Å². The fourth-order valence-electron chi connectivity index (χ4n) is 4.70. The van der Waals surface area contributed by atoms with Gasteiger partial charge < -0.3 is 4.90 Å². The molecule has 5 rings (SSSR count). The molecule has 0 unspecified atom stereocenters. The molecule has 3 amide bonds. The van der Waals surface area contributed by atoms with Crippen LogP contribution in [-0.2, 0) is 4.79 Å². The van der Waals surface area contributed by atoms with Crippen LogP contribution in [-0.4, -0.2) is 76.6 Å². The molecular formula is C27H24N4O5. The van der Waals surface area contributed by atoms with E-state index < -0.39 is 4.92 Å². The predicted molar refractivity (Wildman–Crippen MR) is 134 cm³/mol. The van der Waals surface area contributed by atoms with Crippen molar-refractivity contribution >= 4 is 40.3 Å². The van der Waals surface area contributed by atoms with Crippen LogP contribution in [0.1, 0.15) is 26.3 Å². The van der Waals surface area contributed by atoms with Crippen LogP contribution in [0, 0.1) is 10.1 Å². The minimum atomic E-state index is -0.464. The molecule has 0 bridgehead atoms. The molecule has 0 N–H and O–H groups in total. The summed E-state index contributed by atoms with van der Waals surface area (Å²) in [6.07, 6.45) is 3.12. The zero-order valence-electron chi connectivity index (χ0n) is 19.5. The molecule has 0 radical (unpaired) electrons. The second-order valence-electron chi connectivity index (χ2n) is 8.82. The number of nitrogens with zero attached hydrogens (tertiary/aromatic N) is 4. The van der Waals surface area contributed by atoms with Crippen LogP contribution < -0.4 is 0 Å². The van der Waals surface area contributed by atoms with Crippen molar-refractivity contribution in [2.45, 2.75) is 0 Å². The smallest absolute Gasteiger partial charge is 0.269 e. The van der Waals surface area contributed by atoms with Crippen LogP contribution in [0.2, 0.25) is 0 Å². The molecule has 0 aliphatic carbocycles. The lowest BCUT2D eigenvalue weighted by atomic mass is 9.94. The standard InChI is InChI=1S/C27H24N4O5/c32-24(12-9-19-7-10-21(11-8-19)31(35)36)29-16-13-28(14-17-29)15-18-30-26(33)22-5-1-3-20-4-2-6-23(25(20)22)27(30)34/h1-12H,13-18H2. The van der Waals surface area contributed by atoms with Gasteiger partial charge in [-0.3, -0.25) is 34.3 Å². The van der Waals surface area contributed by atoms with Gasteiger partial charge in [0.2, 0.25) is 5.91 Å². The van der Waals surface area contributed by atoms with E-state index in [4.69, 9.17) is 0 Å². The van der Waals surface area contributed by atoms with Crippen molar-refractivity contribution in [2.24, 2.45) is 0 Å². The summed E-state index contributed by atoms with van der Waals surface area (Å²) in [4.78, 5) is 54.2. The second-order valence-corrected chi connectivity index (χ2v) is 8.82. The van der Waals surface area contributed by atoms with Crippen LogP contribution >= 0.6 is 0 Å². The largest absolute Gasteiger partial charge is 0.337 e. The molecule has 0 aromatic heterocycles. The number of amides is 3. The SMILES string of the molecule is O=C(C=Cc1ccc([N+](=O)[O-])cc1)N1CCN(CCN2C(=O)c3cccc4cccc(c34)C2=O)CC1. The van der Waals surface area contributed by atoms with Crippen molar-refractivity contribution in [3.8, 4) is 0 Å². The summed E-state index contributed by atoms with van der Waals surface area (Å²) in [5.41, 5.74) is 1.82. The van der Waals surface area contributed by atoms with Crippen molar-refractivity contribution < 1.29 is 19.3 Å². The average Bonchev–Trinajstić information content (AvgIpc) is 2.90. The molecule has 182 valence electrons. The molecule has 0 atom stereocenters. The first-order valence-electron chi connectivity index (χ1n) is 11.7. The summed E-state index contributed by atoms with van der Waals surface area (Å²) >= 11 is 0. The molecular weight excluding hydrogens is 460 g/mol. The molecule has 36 heavy (non-hydrogen) atoms. The Morgan fingerprint density at radius 1 is 0.861 bits per heavy atom. The topological polar surface area (TPSA) is 104 Å². The van der Waals surface area contributed by atoms with Gasteiger partial charge in [0.25, 0.3) is 17.5 Å². The Labute approximate surface area is 207 Å². The molecule has 0 saturated carbocycles. The molecule has 1 saturated heterocycles. The highest BCUT2D eigenvalue weighted by molar-refractivity contribution is 6.25. The van der Waals surface area contributed by atoms with Crippen molar-refractivity contribution in [1.82, 2.24) is 14.7 Å². The molecule has 3 aromatic rings. The van der Waals surface area contributed by atoms with Crippen molar-refractivity contribution in [2.75, 3.05) is 39.3 Å². The van der Waals surface area contributed by atoms with Gasteiger partial charge in [-0.1, -0.05) is 24.3 Å². The molecule has 2 aliphatic rings. The number of carbonyl (C=O) groups excluding carboxylic acids is 3. The van der Waals surface area contributed by atoms with Gasteiger partial charge in [0.05, 0.1) is 4.92 Å². The third-order valence-electron chi connectivity index (χ3n) is 6.70.